The average molecular weight is 327 g/mol. The fourth-order valence-corrected chi connectivity index (χ4v) is 2.34. The molecule has 19 heavy (non-hydrogen) atoms. The standard InChI is InChI=1S/C15H23BrN2O/c1-5-18(10-6-9-17(3)4)15(19)14-11-13(16)8-7-12(14)2/h7-8,11H,5-6,9-10H2,1-4H3. The molecule has 0 bridgehead atoms. The highest BCUT2D eigenvalue weighted by Gasteiger charge is 2.16. The number of amides is 1. The van der Waals surface area contributed by atoms with Crippen molar-refractivity contribution in [2.24, 2.45) is 0 Å². The first-order chi connectivity index (χ1) is 8.95. The quantitative estimate of drug-likeness (QED) is 0.801. The van der Waals surface area contributed by atoms with E-state index in [1.807, 2.05) is 36.9 Å². The Morgan fingerprint density at radius 2 is 1.95 bits per heavy atom. The van der Waals surface area contributed by atoms with Crippen LogP contribution in [0.15, 0.2) is 22.7 Å². The molecule has 0 atom stereocenters. The van der Waals surface area contributed by atoms with Crippen molar-refractivity contribution in [2.75, 3.05) is 33.7 Å². The maximum atomic E-state index is 12.5. The van der Waals surface area contributed by atoms with Crippen molar-refractivity contribution >= 4 is 21.8 Å². The first-order valence-corrected chi connectivity index (χ1v) is 7.45. The van der Waals surface area contributed by atoms with Crippen molar-refractivity contribution in [3.8, 4) is 0 Å². The SMILES string of the molecule is CCN(CCCN(C)C)C(=O)c1cc(Br)ccc1C. The molecular weight excluding hydrogens is 304 g/mol. The molecule has 0 fully saturated rings. The van der Waals surface area contributed by atoms with Gasteiger partial charge in [-0.2, -0.15) is 0 Å². The van der Waals surface area contributed by atoms with E-state index in [0.717, 1.165) is 41.7 Å². The predicted octanol–water partition coefficient (Wildman–Crippen LogP) is 3.17. The van der Waals surface area contributed by atoms with E-state index in [0.29, 0.717) is 0 Å². The number of rotatable bonds is 6. The van der Waals surface area contributed by atoms with Crippen LogP contribution < -0.4 is 0 Å². The van der Waals surface area contributed by atoms with E-state index in [1.54, 1.807) is 0 Å². The van der Waals surface area contributed by atoms with Crippen molar-refractivity contribution in [3.63, 3.8) is 0 Å². The zero-order chi connectivity index (χ0) is 14.4. The molecular formula is C15H23BrN2O. The van der Waals surface area contributed by atoms with Gasteiger partial charge in [-0.05, 0) is 58.6 Å². The van der Waals surface area contributed by atoms with Crippen LogP contribution in [0.2, 0.25) is 0 Å². The van der Waals surface area contributed by atoms with Crippen LogP contribution in [0, 0.1) is 6.92 Å². The average Bonchev–Trinajstić information content (AvgIpc) is 2.36. The minimum absolute atomic E-state index is 0.125. The van der Waals surface area contributed by atoms with Crippen molar-refractivity contribution < 1.29 is 4.79 Å². The van der Waals surface area contributed by atoms with E-state index in [-0.39, 0.29) is 5.91 Å². The second kappa shape index (κ2) is 7.65. The van der Waals surface area contributed by atoms with Gasteiger partial charge >= 0.3 is 0 Å². The van der Waals surface area contributed by atoms with E-state index < -0.39 is 0 Å². The Balaban J connectivity index is 2.75. The van der Waals surface area contributed by atoms with Gasteiger partial charge in [0.15, 0.2) is 0 Å². The zero-order valence-corrected chi connectivity index (χ0v) is 13.8. The molecule has 0 aromatic heterocycles. The van der Waals surface area contributed by atoms with E-state index in [4.69, 9.17) is 0 Å². The molecule has 4 heteroatoms. The lowest BCUT2D eigenvalue weighted by molar-refractivity contribution is 0.0758. The van der Waals surface area contributed by atoms with Gasteiger partial charge in [-0.15, -0.1) is 0 Å². The summed E-state index contributed by atoms with van der Waals surface area (Å²) in [5, 5.41) is 0. The number of carbonyl (C=O) groups excluding carboxylic acids is 1. The molecule has 0 spiro atoms. The molecule has 0 N–H and O–H groups in total. The van der Waals surface area contributed by atoms with Crippen molar-refractivity contribution in [1.29, 1.82) is 0 Å². The second-order valence-electron chi connectivity index (χ2n) is 5.00. The molecule has 3 nitrogen and oxygen atoms in total. The Bertz CT molecular complexity index is 432. The third kappa shape index (κ3) is 4.96. The zero-order valence-electron chi connectivity index (χ0n) is 12.2. The van der Waals surface area contributed by atoms with Gasteiger partial charge in [0.1, 0.15) is 0 Å². The molecule has 0 saturated heterocycles. The molecule has 1 rings (SSSR count). The third-order valence-corrected chi connectivity index (χ3v) is 3.63. The van der Waals surface area contributed by atoms with Crippen molar-refractivity contribution in [2.45, 2.75) is 20.3 Å². The fraction of sp³-hybridized carbons (Fsp3) is 0.533. The number of carbonyl (C=O) groups is 1. The minimum atomic E-state index is 0.125. The highest BCUT2D eigenvalue weighted by molar-refractivity contribution is 9.10. The summed E-state index contributed by atoms with van der Waals surface area (Å²) in [4.78, 5) is 16.6. The largest absolute Gasteiger partial charge is 0.339 e. The monoisotopic (exact) mass is 326 g/mol. The number of hydrogen-bond acceptors (Lipinski definition) is 2. The van der Waals surface area contributed by atoms with Crippen LogP contribution in [-0.2, 0) is 0 Å². The maximum absolute atomic E-state index is 12.5. The number of benzene rings is 1. The third-order valence-electron chi connectivity index (χ3n) is 3.13. The molecule has 0 aliphatic carbocycles. The smallest absolute Gasteiger partial charge is 0.254 e. The van der Waals surface area contributed by atoms with Crippen LogP contribution in [0.1, 0.15) is 29.3 Å². The van der Waals surface area contributed by atoms with E-state index in [1.165, 1.54) is 0 Å². The Morgan fingerprint density at radius 1 is 1.26 bits per heavy atom. The number of nitrogens with zero attached hydrogens (tertiary/aromatic N) is 2. The van der Waals surface area contributed by atoms with Gasteiger partial charge in [0.25, 0.3) is 5.91 Å². The Kier molecular flexibility index (Phi) is 6.52. The highest BCUT2D eigenvalue weighted by Crippen LogP contribution is 2.18. The lowest BCUT2D eigenvalue weighted by Crippen LogP contribution is -2.33. The molecule has 0 radical (unpaired) electrons. The highest BCUT2D eigenvalue weighted by atomic mass is 79.9. The number of halogens is 1. The summed E-state index contributed by atoms with van der Waals surface area (Å²) >= 11 is 3.43. The van der Waals surface area contributed by atoms with Gasteiger partial charge in [0.05, 0.1) is 0 Å². The van der Waals surface area contributed by atoms with Crippen LogP contribution in [-0.4, -0.2) is 49.4 Å². The van der Waals surface area contributed by atoms with Crippen LogP contribution in [0.3, 0.4) is 0 Å². The van der Waals surface area contributed by atoms with E-state index in [2.05, 4.69) is 34.9 Å². The Labute approximate surface area is 124 Å². The number of aryl methyl sites for hydroxylation is 1. The van der Waals surface area contributed by atoms with E-state index in [9.17, 15) is 4.79 Å². The topological polar surface area (TPSA) is 23.6 Å². The van der Waals surface area contributed by atoms with Crippen molar-refractivity contribution in [1.82, 2.24) is 9.80 Å². The summed E-state index contributed by atoms with van der Waals surface area (Å²) in [6, 6.07) is 5.85. The summed E-state index contributed by atoms with van der Waals surface area (Å²) in [6.45, 7) is 6.56. The summed E-state index contributed by atoms with van der Waals surface area (Å²) in [6.07, 6.45) is 1.000. The molecule has 0 aliphatic heterocycles. The van der Waals surface area contributed by atoms with Gasteiger partial charge in [0.2, 0.25) is 0 Å². The van der Waals surface area contributed by atoms with Crippen LogP contribution >= 0.6 is 15.9 Å². The van der Waals surface area contributed by atoms with Gasteiger partial charge in [-0.25, -0.2) is 0 Å². The summed E-state index contributed by atoms with van der Waals surface area (Å²) < 4.78 is 0.950. The lowest BCUT2D eigenvalue weighted by Gasteiger charge is -2.23. The molecule has 0 aliphatic rings. The maximum Gasteiger partial charge on any atom is 0.254 e. The van der Waals surface area contributed by atoms with Gasteiger partial charge in [0, 0.05) is 23.1 Å². The first-order valence-electron chi connectivity index (χ1n) is 6.65. The first kappa shape index (κ1) is 16.2. The van der Waals surface area contributed by atoms with Gasteiger partial charge in [-0.3, -0.25) is 4.79 Å². The number of hydrogen-bond donors (Lipinski definition) is 0. The summed E-state index contributed by atoms with van der Waals surface area (Å²) in [5.74, 6) is 0.125. The van der Waals surface area contributed by atoms with Crippen LogP contribution in [0.4, 0.5) is 0 Å². The molecule has 1 amide bonds. The predicted molar refractivity (Wildman–Crippen MR) is 83.6 cm³/mol. The van der Waals surface area contributed by atoms with Gasteiger partial charge in [-0.1, -0.05) is 22.0 Å². The lowest BCUT2D eigenvalue weighted by atomic mass is 10.1. The molecule has 0 saturated carbocycles. The molecule has 0 heterocycles. The molecule has 1 aromatic carbocycles. The molecule has 106 valence electrons. The summed E-state index contributed by atoms with van der Waals surface area (Å²) in [7, 11) is 4.10. The Morgan fingerprint density at radius 3 is 2.53 bits per heavy atom. The second-order valence-corrected chi connectivity index (χ2v) is 5.92. The van der Waals surface area contributed by atoms with Gasteiger partial charge < -0.3 is 9.80 Å². The fourth-order valence-electron chi connectivity index (χ4n) is 1.98. The normalized spacial score (nSPS) is 10.8. The Hall–Kier alpha value is -0.870. The molecule has 0 unspecified atom stereocenters. The minimum Gasteiger partial charge on any atom is -0.339 e. The van der Waals surface area contributed by atoms with Crippen molar-refractivity contribution in [3.05, 3.63) is 33.8 Å². The molecule has 1 aromatic rings. The van der Waals surface area contributed by atoms with E-state index >= 15 is 0 Å². The van der Waals surface area contributed by atoms with Crippen LogP contribution in [0.5, 0.6) is 0 Å². The van der Waals surface area contributed by atoms with Crippen LogP contribution in [0.25, 0.3) is 0 Å². The summed E-state index contributed by atoms with van der Waals surface area (Å²) in [5.41, 5.74) is 1.82.